The third-order valence-electron chi connectivity index (χ3n) is 4.52. The van der Waals surface area contributed by atoms with Gasteiger partial charge in [-0.1, -0.05) is 43.7 Å². The normalized spacial score (nSPS) is 13.7. The molecule has 1 aromatic rings. The first kappa shape index (κ1) is 26.5. The quantitative estimate of drug-likeness (QED) is 0.602. The van der Waals surface area contributed by atoms with Crippen LogP contribution in [0.4, 0.5) is 4.79 Å². The van der Waals surface area contributed by atoms with Crippen LogP contribution in [-0.2, 0) is 14.3 Å². The summed E-state index contributed by atoms with van der Waals surface area (Å²) in [6.45, 7) is 15.1. The van der Waals surface area contributed by atoms with Crippen LogP contribution in [0.1, 0.15) is 79.8 Å². The lowest BCUT2D eigenvalue weighted by molar-refractivity contribution is -0.148. The van der Waals surface area contributed by atoms with Crippen molar-refractivity contribution in [1.82, 2.24) is 15.5 Å². The van der Waals surface area contributed by atoms with Gasteiger partial charge in [-0.15, -0.1) is 0 Å². The first-order chi connectivity index (χ1) is 14.3. The summed E-state index contributed by atoms with van der Waals surface area (Å²) in [5.41, 5.74) is -0.643. The standard InChI is InChI=1S/C24H39N3O4/c1-9-10-16-25-20(28)19(18-14-12-11-13-15-18)27(23(3,4)5)21(29)17(2)26-22(30)31-24(6,7)8/h11-15,17,19H,9-10,16H2,1-8H3,(H,25,28)(H,26,30). The molecule has 0 radical (unpaired) electrons. The summed E-state index contributed by atoms with van der Waals surface area (Å²) in [6, 6.07) is 7.53. The molecule has 0 fully saturated rings. The Kier molecular flexibility index (Phi) is 9.53. The number of rotatable bonds is 8. The van der Waals surface area contributed by atoms with Gasteiger partial charge in [-0.25, -0.2) is 4.79 Å². The Labute approximate surface area is 186 Å². The number of nitrogens with zero attached hydrogens (tertiary/aromatic N) is 1. The number of nitrogens with one attached hydrogen (secondary N) is 2. The second-order valence-corrected chi connectivity index (χ2v) is 9.70. The number of hydrogen-bond donors (Lipinski definition) is 2. The van der Waals surface area contributed by atoms with Crippen LogP contribution in [0.25, 0.3) is 0 Å². The van der Waals surface area contributed by atoms with Crippen molar-refractivity contribution < 1.29 is 19.1 Å². The summed E-state index contributed by atoms with van der Waals surface area (Å²) in [7, 11) is 0. The van der Waals surface area contributed by atoms with E-state index in [1.54, 1.807) is 32.6 Å². The van der Waals surface area contributed by atoms with E-state index < -0.39 is 29.3 Å². The fourth-order valence-corrected chi connectivity index (χ4v) is 3.14. The lowest BCUT2D eigenvalue weighted by Crippen LogP contribution is -2.58. The maximum absolute atomic E-state index is 13.5. The summed E-state index contributed by atoms with van der Waals surface area (Å²) < 4.78 is 5.28. The van der Waals surface area contributed by atoms with E-state index in [-0.39, 0.29) is 11.8 Å². The van der Waals surface area contributed by atoms with Crippen LogP contribution in [0.2, 0.25) is 0 Å². The van der Waals surface area contributed by atoms with Crippen molar-refractivity contribution in [2.75, 3.05) is 6.54 Å². The number of benzene rings is 1. The predicted molar refractivity (Wildman–Crippen MR) is 123 cm³/mol. The second kappa shape index (κ2) is 11.2. The Balaban J connectivity index is 3.25. The zero-order valence-corrected chi connectivity index (χ0v) is 20.2. The summed E-state index contributed by atoms with van der Waals surface area (Å²) in [5.74, 6) is -0.606. The molecule has 0 heterocycles. The van der Waals surface area contributed by atoms with Crippen molar-refractivity contribution in [3.8, 4) is 0 Å². The van der Waals surface area contributed by atoms with Gasteiger partial charge in [0.25, 0.3) is 0 Å². The molecule has 0 bridgehead atoms. The minimum atomic E-state index is -0.872. The van der Waals surface area contributed by atoms with Gasteiger partial charge >= 0.3 is 6.09 Å². The molecule has 2 unspecified atom stereocenters. The highest BCUT2D eigenvalue weighted by molar-refractivity contribution is 5.92. The van der Waals surface area contributed by atoms with Crippen LogP contribution in [0, 0.1) is 0 Å². The minimum Gasteiger partial charge on any atom is -0.444 e. The van der Waals surface area contributed by atoms with E-state index in [0.29, 0.717) is 12.1 Å². The number of alkyl carbamates (subject to hydrolysis) is 1. The average molecular weight is 434 g/mol. The molecule has 174 valence electrons. The Bertz CT molecular complexity index is 735. The van der Waals surface area contributed by atoms with Gasteiger partial charge in [0.2, 0.25) is 11.8 Å². The Morgan fingerprint density at radius 2 is 1.61 bits per heavy atom. The van der Waals surface area contributed by atoms with E-state index in [4.69, 9.17) is 4.74 Å². The maximum atomic E-state index is 13.5. The number of carbonyl (C=O) groups is 3. The number of unbranched alkanes of at least 4 members (excludes halogenated alkanes) is 1. The Morgan fingerprint density at radius 1 is 1.03 bits per heavy atom. The molecule has 31 heavy (non-hydrogen) atoms. The van der Waals surface area contributed by atoms with Gasteiger partial charge in [0.1, 0.15) is 17.7 Å². The lowest BCUT2D eigenvalue weighted by atomic mass is 9.95. The number of amides is 3. The molecule has 0 aromatic heterocycles. The fraction of sp³-hybridized carbons (Fsp3) is 0.625. The zero-order valence-electron chi connectivity index (χ0n) is 20.2. The van der Waals surface area contributed by atoms with Crippen molar-refractivity contribution in [2.45, 2.75) is 91.5 Å². The van der Waals surface area contributed by atoms with Crippen LogP contribution in [0.5, 0.6) is 0 Å². The van der Waals surface area contributed by atoms with E-state index in [0.717, 1.165) is 12.8 Å². The maximum Gasteiger partial charge on any atom is 0.408 e. The topological polar surface area (TPSA) is 87.7 Å². The minimum absolute atomic E-state index is 0.243. The number of ether oxygens (including phenoxy) is 1. The highest BCUT2D eigenvalue weighted by atomic mass is 16.6. The van der Waals surface area contributed by atoms with Crippen molar-refractivity contribution in [2.24, 2.45) is 0 Å². The molecule has 0 aliphatic carbocycles. The highest BCUT2D eigenvalue weighted by Gasteiger charge is 2.40. The van der Waals surface area contributed by atoms with Crippen LogP contribution in [-0.4, -0.2) is 46.5 Å². The molecule has 0 spiro atoms. The van der Waals surface area contributed by atoms with Crippen LogP contribution < -0.4 is 10.6 Å². The highest BCUT2D eigenvalue weighted by Crippen LogP contribution is 2.30. The summed E-state index contributed by atoms with van der Waals surface area (Å²) in [4.78, 5) is 40.5. The van der Waals surface area contributed by atoms with Gasteiger partial charge in [-0.05, 0) is 60.5 Å². The van der Waals surface area contributed by atoms with Crippen molar-refractivity contribution in [3.63, 3.8) is 0 Å². The Hall–Kier alpha value is -2.57. The molecule has 0 saturated carbocycles. The molecule has 2 N–H and O–H groups in total. The first-order valence-electron chi connectivity index (χ1n) is 10.9. The molecule has 2 atom stereocenters. The van der Waals surface area contributed by atoms with Gasteiger partial charge in [-0.2, -0.15) is 0 Å². The molecule has 7 heteroatoms. The van der Waals surface area contributed by atoms with E-state index in [1.165, 1.54) is 0 Å². The number of hydrogen-bond acceptors (Lipinski definition) is 4. The third kappa shape index (κ3) is 8.59. The van der Waals surface area contributed by atoms with Crippen LogP contribution in [0.15, 0.2) is 30.3 Å². The van der Waals surface area contributed by atoms with Crippen molar-refractivity contribution in [3.05, 3.63) is 35.9 Å². The monoisotopic (exact) mass is 433 g/mol. The Morgan fingerprint density at radius 3 is 2.10 bits per heavy atom. The largest absolute Gasteiger partial charge is 0.444 e. The smallest absolute Gasteiger partial charge is 0.408 e. The number of carbonyl (C=O) groups excluding carboxylic acids is 3. The molecular formula is C24H39N3O4. The average Bonchev–Trinajstić information content (AvgIpc) is 2.63. The van der Waals surface area contributed by atoms with Gasteiger partial charge < -0.3 is 20.3 Å². The molecule has 7 nitrogen and oxygen atoms in total. The molecule has 0 aliphatic heterocycles. The van der Waals surface area contributed by atoms with Crippen LogP contribution >= 0.6 is 0 Å². The zero-order chi connectivity index (χ0) is 23.8. The molecule has 0 saturated heterocycles. The van der Waals surface area contributed by atoms with E-state index in [1.807, 2.05) is 51.1 Å². The lowest BCUT2D eigenvalue weighted by Gasteiger charge is -2.42. The van der Waals surface area contributed by atoms with E-state index >= 15 is 0 Å². The van der Waals surface area contributed by atoms with E-state index in [9.17, 15) is 14.4 Å². The summed E-state index contributed by atoms with van der Waals surface area (Å²) in [5, 5.41) is 5.56. The van der Waals surface area contributed by atoms with Crippen molar-refractivity contribution in [1.29, 1.82) is 0 Å². The van der Waals surface area contributed by atoms with Gasteiger partial charge in [0, 0.05) is 12.1 Å². The van der Waals surface area contributed by atoms with Crippen LogP contribution in [0.3, 0.4) is 0 Å². The van der Waals surface area contributed by atoms with Gasteiger partial charge in [-0.3, -0.25) is 9.59 Å². The summed E-state index contributed by atoms with van der Waals surface area (Å²) >= 11 is 0. The second-order valence-electron chi connectivity index (χ2n) is 9.70. The SMILES string of the molecule is CCCCNC(=O)C(c1ccccc1)N(C(=O)C(C)NC(=O)OC(C)(C)C)C(C)(C)C. The fourth-order valence-electron chi connectivity index (χ4n) is 3.14. The van der Waals surface area contributed by atoms with E-state index in [2.05, 4.69) is 17.6 Å². The first-order valence-corrected chi connectivity index (χ1v) is 10.9. The molecule has 0 aliphatic rings. The van der Waals surface area contributed by atoms with Gasteiger partial charge in [0.05, 0.1) is 0 Å². The third-order valence-corrected chi connectivity index (χ3v) is 4.52. The molecule has 3 amide bonds. The van der Waals surface area contributed by atoms with Gasteiger partial charge in [0.15, 0.2) is 0 Å². The molecule has 1 rings (SSSR count). The molecule has 1 aromatic carbocycles. The predicted octanol–water partition coefficient (Wildman–Crippen LogP) is 4.18. The van der Waals surface area contributed by atoms with Crippen molar-refractivity contribution >= 4 is 17.9 Å². The molecular weight excluding hydrogens is 394 g/mol. The summed E-state index contributed by atoms with van der Waals surface area (Å²) in [6.07, 6.45) is 1.13.